The van der Waals surface area contributed by atoms with Crippen LogP contribution in [0.5, 0.6) is 0 Å². The van der Waals surface area contributed by atoms with E-state index in [0.717, 1.165) is 6.42 Å². The van der Waals surface area contributed by atoms with Crippen molar-refractivity contribution in [2.75, 3.05) is 0 Å². The quantitative estimate of drug-likeness (QED) is 0.558. The van der Waals surface area contributed by atoms with Crippen LogP contribution in [-0.4, -0.2) is 21.7 Å². The van der Waals surface area contributed by atoms with E-state index in [4.69, 9.17) is 0 Å². The summed E-state index contributed by atoms with van der Waals surface area (Å²) >= 11 is 0. The summed E-state index contributed by atoms with van der Waals surface area (Å²) in [5.74, 6) is 1.80. The third-order valence-electron chi connectivity index (χ3n) is 7.81. The van der Waals surface area contributed by atoms with Crippen LogP contribution in [0.15, 0.2) is 46.9 Å². The summed E-state index contributed by atoms with van der Waals surface area (Å²) in [6.07, 6.45) is 7.46. The normalized spacial score (nSPS) is 41.9. The lowest BCUT2D eigenvalue weighted by Crippen LogP contribution is -2.49. The molecule has 2 nitrogen and oxygen atoms in total. The number of benzene rings is 1. The van der Waals surface area contributed by atoms with Gasteiger partial charge in [-0.2, -0.15) is 0 Å². The van der Waals surface area contributed by atoms with Gasteiger partial charge in [-0.3, -0.25) is 0 Å². The zero-order valence-corrected chi connectivity index (χ0v) is 17.2. The van der Waals surface area contributed by atoms with E-state index in [1.807, 2.05) is 30.3 Å². The summed E-state index contributed by atoms with van der Waals surface area (Å²) in [6, 6.07) is 9.29. The van der Waals surface area contributed by atoms with E-state index < -0.39 is 17.9 Å². The lowest BCUT2D eigenvalue weighted by atomic mass is 9.69. The molecule has 134 valence electrons. The molecule has 0 N–H and O–H groups in total. The fourth-order valence-corrected chi connectivity index (χ4v) is 14.1. The van der Waals surface area contributed by atoms with Gasteiger partial charge in [0.25, 0.3) is 0 Å². The second-order valence-electron chi connectivity index (χ2n) is 9.91. The molecule has 0 saturated heterocycles. The van der Waals surface area contributed by atoms with Crippen molar-refractivity contribution in [2.24, 2.45) is 23.2 Å². The van der Waals surface area contributed by atoms with Gasteiger partial charge in [0.15, 0.2) is 9.84 Å². The second kappa shape index (κ2) is 4.89. The molecule has 0 amide bonds. The summed E-state index contributed by atoms with van der Waals surface area (Å²) in [5, 5.41) is -0.172. The van der Waals surface area contributed by atoms with Crippen LogP contribution in [0.1, 0.15) is 25.7 Å². The van der Waals surface area contributed by atoms with Gasteiger partial charge >= 0.3 is 0 Å². The smallest absolute Gasteiger partial charge is 0.182 e. The summed E-state index contributed by atoms with van der Waals surface area (Å²) in [5.41, 5.74) is 1.90. The fourth-order valence-electron chi connectivity index (χ4n) is 7.21. The first kappa shape index (κ1) is 16.3. The van der Waals surface area contributed by atoms with Crippen molar-refractivity contribution in [2.45, 2.75) is 61.0 Å². The molecule has 4 heteroatoms. The maximum absolute atomic E-state index is 13.9. The molecule has 0 heterocycles. The summed E-state index contributed by atoms with van der Waals surface area (Å²) in [6.45, 7) is 7.13. The van der Waals surface area contributed by atoms with Crippen molar-refractivity contribution < 1.29 is 8.42 Å². The van der Waals surface area contributed by atoms with Crippen molar-refractivity contribution in [3.05, 3.63) is 42.0 Å². The van der Waals surface area contributed by atoms with Gasteiger partial charge in [0, 0.05) is 13.5 Å². The minimum atomic E-state index is -3.29. The number of fused-ring (bicyclic) bond motifs is 4. The van der Waals surface area contributed by atoms with Gasteiger partial charge < -0.3 is 0 Å². The number of rotatable bonds is 3. The number of allylic oxidation sites excluding steroid dienone is 2. The molecule has 1 aromatic rings. The average Bonchev–Trinajstić information content (AvgIpc) is 3.29. The summed E-state index contributed by atoms with van der Waals surface area (Å²) in [4.78, 5) is 0.548. The highest BCUT2D eigenvalue weighted by molar-refractivity contribution is 7.92. The van der Waals surface area contributed by atoms with Crippen LogP contribution in [0, 0.1) is 23.2 Å². The lowest BCUT2D eigenvalue weighted by molar-refractivity contribution is 0.245. The number of hydrogen-bond acceptors (Lipinski definition) is 2. The van der Waals surface area contributed by atoms with Crippen molar-refractivity contribution in [3.8, 4) is 0 Å². The van der Waals surface area contributed by atoms with Gasteiger partial charge in [-0.1, -0.05) is 49.5 Å². The Balaban J connectivity index is 1.72. The SMILES string of the molecule is C[Si](C)(C)[C@@H]1[C@@H](S(=O)(=O)c2ccccc2)[C@@]23C[C@@H]1C=C2[C@H]1CC[C@H]3C1. The molecule has 25 heavy (non-hydrogen) atoms. The van der Waals surface area contributed by atoms with Gasteiger partial charge in [0.1, 0.15) is 0 Å². The van der Waals surface area contributed by atoms with Gasteiger partial charge in [-0.25, -0.2) is 8.42 Å². The van der Waals surface area contributed by atoms with Crippen LogP contribution >= 0.6 is 0 Å². The molecule has 5 rings (SSSR count). The third kappa shape index (κ3) is 1.93. The standard InChI is InChI=1S/C21H28O2SSi/c1-25(2,3)19-15-12-18-14-9-10-16(11-14)21(18,13-15)20(19)24(22,23)17-7-5-4-6-8-17/h4-8,12,14-16,19-20H,9-11,13H2,1-3H3/t14-,15-,16-,19-,20+,21+/m0/s1. The number of sulfone groups is 1. The summed E-state index contributed by atoms with van der Waals surface area (Å²) < 4.78 is 27.8. The average molecular weight is 373 g/mol. The van der Waals surface area contributed by atoms with Crippen molar-refractivity contribution in [3.63, 3.8) is 0 Å². The molecule has 4 bridgehead atoms. The first-order valence-electron chi connectivity index (χ1n) is 9.77. The van der Waals surface area contributed by atoms with Crippen molar-refractivity contribution >= 4 is 17.9 Å². The van der Waals surface area contributed by atoms with Crippen LogP contribution in [0.25, 0.3) is 0 Å². The Kier molecular flexibility index (Phi) is 3.19. The molecule has 3 saturated carbocycles. The maximum atomic E-state index is 13.9. The third-order valence-corrected chi connectivity index (χ3v) is 13.1. The van der Waals surface area contributed by atoms with Crippen LogP contribution in [0.3, 0.4) is 0 Å². The Morgan fingerprint density at radius 2 is 1.80 bits per heavy atom. The minimum absolute atomic E-state index is 0.0206. The van der Waals surface area contributed by atoms with Crippen LogP contribution in [0.4, 0.5) is 0 Å². The molecule has 6 atom stereocenters. The summed E-state index contributed by atoms with van der Waals surface area (Å²) in [7, 11) is -4.89. The monoisotopic (exact) mass is 372 g/mol. The van der Waals surface area contributed by atoms with Gasteiger partial charge in [0.05, 0.1) is 10.1 Å². The van der Waals surface area contributed by atoms with Crippen LogP contribution < -0.4 is 0 Å². The highest BCUT2D eigenvalue weighted by Gasteiger charge is 2.72. The van der Waals surface area contributed by atoms with Gasteiger partial charge in [-0.15, -0.1) is 0 Å². The molecular formula is C21H28O2SSi. The van der Waals surface area contributed by atoms with Gasteiger partial charge in [0.2, 0.25) is 0 Å². The predicted molar refractivity (Wildman–Crippen MR) is 104 cm³/mol. The van der Waals surface area contributed by atoms with Crippen LogP contribution in [-0.2, 0) is 9.84 Å². The molecule has 0 radical (unpaired) electrons. The molecule has 1 spiro atoms. The Hall–Kier alpha value is -0.873. The molecular weight excluding hydrogens is 344 g/mol. The molecule has 3 fully saturated rings. The fraction of sp³-hybridized carbons (Fsp3) is 0.619. The van der Waals surface area contributed by atoms with Crippen molar-refractivity contribution in [1.82, 2.24) is 0 Å². The predicted octanol–water partition coefficient (Wildman–Crippen LogP) is 4.91. The lowest BCUT2D eigenvalue weighted by Gasteiger charge is -2.46. The Morgan fingerprint density at radius 3 is 2.48 bits per heavy atom. The molecule has 0 aromatic heterocycles. The van der Waals surface area contributed by atoms with Gasteiger partial charge in [-0.05, 0) is 61.1 Å². The topological polar surface area (TPSA) is 34.1 Å². The van der Waals surface area contributed by atoms with E-state index >= 15 is 0 Å². The van der Waals surface area contributed by atoms with E-state index in [-0.39, 0.29) is 10.7 Å². The number of hydrogen-bond donors (Lipinski definition) is 0. The Morgan fingerprint density at radius 1 is 1.08 bits per heavy atom. The first-order chi connectivity index (χ1) is 11.8. The van der Waals surface area contributed by atoms with E-state index in [1.165, 1.54) is 19.3 Å². The maximum Gasteiger partial charge on any atom is 0.182 e. The largest absolute Gasteiger partial charge is 0.223 e. The molecule has 4 aliphatic carbocycles. The molecule has 0 unspecified atom stereocenters. The first-order valence-corrected chi connectivity index (χ1v) is 14.9. The molecule has 1 aromatic carbocycles. The van der Waals surface area contributed by atoms with E-state index in [1.54, 1.807) is 5.57 Å². The minimum Gasteiger partial charge on any atom is -0.223 e. The van der Waals surface area contributed by atoms with E-state index in [0.29, 0.717) is 28.2 Å². The Labute approximate surface area is 152 Å². The van der Waals surface area contributed by atoms with Crippen LogP contribution in [0.2, 0.25) is 25.2 Å². The Bertz CT molecular complexity index is 852. The second-order valence-corrected chi connectivity index (χ2v) is 17.4. The molecule has 4 aliphatic rings. The highest BCUT2D eigenvalue weighted by atomic mass is 32.2. The zero-order chi connectivity index (χ0) is 17.6. The zero-order valence-electron chi connectivity index (χ0n) is 15.4. The van der Waals surface area contributed by atoms with Crippen molar-refractivity contribution in [1.29, 1.82) is 0 Å². The van der Waals surface area contributed by atoms with E-state index in [2.05, 4.69) is 25.7 Å². The highest BCUT2D eigenvalue weighted by Crippen LogP contribution is 2.75. The van der Waals surface area contributed by atoms with E-state index in [9.17, 15) is 8.42 Å². The molecule has 0 aliphatic heterocycles.